The Hall–Kier alpha value is -0.123. The van der Waals surface area contributed by atoms with Gasteiger partial charge in [0, 0.05) is 0 Å². The van der Waals surface area contributed by atoms with Gasteiger partial charge in [-0.3, -0.25) is 0 Å². The molecule has 0 fully saturated rings. The Kier molecular flexibility index (Phi) is 8.17. The second kappa shape index (κ2) is 8.23. The molecule has 0 bridgehead atoms. The summed E-state index contributed by atoms with van der Waals surface area (Å²) in [6, 6.07) is 0. The van der Waals surface area contributed by atoms with E-state index in [1.807, 2.05) is 6.08 Å². The third-order valence-electron chi connectivity index (χ3n) is 4.48. The molecule has 0 heterocycles. The van der Waals surface area contributed by atoms with Gasteiger partial charge in [0.15, 0.2) is 8.32 Å². The molecule has 0 spiro atoms. The van der Waals surface area contributed by atoms with E-state index >= 15 is 0 Å². The third kappa shape index (κ3) is 6.24. The van der Waals surface area contributed by atoms with Gasteiger partial charge in [-0.2, -0.15) is 0 Å². The van der Waals surface area contributed by atoms with Crippen LogP contribution in [0.5, 0.6) is 0 Å². The normalized spacial score (nSPS) is 16.2. The van der Waals surface area contributed by atoms with Crippen LogP contribution in [0.2, 0.25) is 18.1 Å². The van der Waals surface area contributed by atoms with E-state index in [-0.39, 0.29) is 5.04 Å². The van der Waals surface area contributed by atoms with Crippen molar-refractivity contribution >= 4 is 8.32 Å². The number of hydrogen-bond acceptors (Lipinski definition) is 2. The van der Waals surface area contributed by atoms with E-state index in [0.717, 1.165) is 25.8 Å². The maximum absolute atomic E-state index is 6.62. The molecule has 2 atom stereocenters. The first-order valence-electron chi connectivity index (χ1n) is 7.68. The van der Waals surface area contributed by atoms with Crippen LogP contribution in [-0.2, 0) is 4.43 Å². The molecule has 2 N–H and O–H groups in total. The van der Waals surface area contributed by atoms with E-state index in [9.17, 15) is 0 Å². The van der Waals surface area contributed by atoms with Crippen molar-refractivity contribution in [1.29, 1.82) is 0 Å². The molecular formula is C16H35NOSi. The van der Waals surface area contributed by atoms with Crippen LogP contribution in [-0.4, -0.2) is 21.0 Å². The lowest BCUT2D eigenvalue weighted by atomic mass is 9.92. The van der Waals surface area contributed by atoms with Crippen LogP contribution < -0.4 is 5.73 Å². The molecule has 0 amide bonds. The molecule has 0 rings (SSSR count). The second-order valence-electron chi connectivity index (χ2n) is 7.04. The van der Waals surface area contributed by atoms with Crippen LogP contribution >= 0.6 is 0 Å². The van der Waals surface area contributed by atoms with Gasteiger partial charge in [0.05, 0.1) is 6.10 Å². The van der Waals surface area contributed by atoms with Crippen LogP contribution in [0.4, 0.5) is 0 Å². The summed E-state index contributed by atoms with van der Waals surface area (Å²) in [4.78, 5) is 0. The smallest absolute Gasteiger partial charge is 0.192 e. The van der Waals surface area contributed by atoms with Gasteiger partial charge in [-0.1, -0.05) is 40.2 Å². The molecule has 0 saturated carbocycles. The van der Waals surface area contributed by atoms with Crippen LogP contribution in [0, 0.1) is 5.92 Å². The fourth-order valence-electron chi connectivity index (χ4n) is 2.09. The van der Waals surface area contributed by atoms with Gasteiger partial charge < -0.3 is 10.2 Å². The van der Waals surface area contributed by atoms with E-state index < -0.39 is 8.32 Å². The van der Waals surface area contributed by atoms with Crippen LogP contribution in [0.25, 0.3) is 0 Å². The van der Waals surface area contributed by atoms with Gasteiger partial charge in [0.2, 0.25) is 0 Å². The van der Waals surface area contributed by atoms with Crippen LogP contribution in [0.3, 0.4) is 0 Å². The average Bonchev–Trinajstić information content (AvgIpc) is 2.28. The predicted molar refractivity (Wildman–Crippen MR) is 89.0 cm³/mol. The number of nitrogens with two attached hydrogens (primary N) is 1. The minimum atomic E-state index is -1.70. The molecule has 0 aliphatic carbocycles. The Morgan fingerprint density at radius 1 is 1.32 bits per heavy atom. The molecule has 0 aromatic carbocycles. The van der Waals surface area contributed by atoms with Crippen molar-refractivity contribution in [3.05, 3.63) is 12.7 Å². The molecule has 2 nitrogen and oxygen atoms in total. The summed E-state index contributed by atoms with van der Waals surface area (Å²) in [5.41, 5.74) is 5.65. The highest BCUT2D eigenvalue weighted by Crippen LogP contribution is 2.39. The Bertz CT molecular complexity index is 258. The highest BCUT2D eigenvalue weighted by atomic mass is 28.4. The van der Waals surface area contributed by atoms with Crippen LogP contribution in [0.15, 0.2) is 12.7 Å². The molecule has 0 radical (unpaired) electrons. The minimum absolute atomic E-state index is 0.262. The molecule has 0 aromatic rings. The summed E-state index contributed by atoms with van der Waals surface area (Å²) in [7, 11) is -1.70. The zero-order valence-corrected chi connectivity index (χ0v) is 15.0. The van der Waals surface area contributed by atoms with E-state index in [1.54, 1.807) is 0 Å². The first-order chi connectivity index (χ1) is 8.69. The predicted octanol–water partition coefficient (Wildman–Crippen LogP) is 4.72. The lowest BCUT2D eigenvalue weighted by molar-refractivity contribution is 0.110. The summed E-state index contributed by atoms with van der Waals surface area (Å²) in [5, 5.41) is 0.262. The maximum Gasteiger partial charge on any atom is 0.192 e. The average molecular weight is 286 g/mol. The Morgan fingerprint density at radius 2 is 1.89 bits per heavy atom. The van der Waals surface area contributed by atoms with Crippen molar-refractivity contribution in [2.45, 2.75) is 77.6 Å². The zero-order chi connectivity index (χ0) is 15.1. The largest absolute Gasteiger partial charge is 0.413 e. The van der Waals surface area contributed by atoms with Gasteiger partial charge in [0.25, 0.3) is 0 Å². The summed E-state index contributed by atoms with van der Waals surface area (Å²) < 4.78 is 6.62. The van der Waals surface area contributed by atoms with Crippen molar-refractivity contribution in [3.8, 4) is 0 Å². The first-order valence-corrected chi connectivity index (χ1v) is 10.6. The first kappa shape index (κ1) is 18.9. The molecule has 3 heteroatoms. The lowest BCUT2D eigenvalue weighted by Crippen LogP contribution is -2.45. The molecule has 0 aliphatic heterocycles. The van der Waals surface area contributed by atoms with Crippen molar-refractivity contribution in [1.82, 2.24) is 0 Å². The third-order valence-corrected chi connectivity index (χ3v) is 8.98. The van der Waals surface area contributed by atoms with Gasteiger partial charge in [-0.15, -0.1) is 6.58 Å². The van der Waals surface area contributed by atoms with E-state index in [0.29, 0.717) is 12.0 Å². The fraction of sp³-hybridized carbons (Fsp3) is 0.875. The van der Waals surface area contributed by atoms with Gasteiger partial charge in [-0.05, 0) is 49.9 Å². The standard InChI is InChI=1S/C16H35NOSi/c1-8-11-15(14(9-2)12-10-13-17)18-19(6,7)16(3,4)5/h8,14-15H,1,9-13,17H2,2-7H3/t14-,15-/m1/s1. The SMILES string of the molecule is C=CC[C@@H](O[Si](C)(C)C(C)(C)C)[C@H](CC)CCCN. The lowest BCUT2D eigenvalue weighted by Gasteiger charge is -2.41. The summed E-state index contributed by atoms with van der Waals surface area (Å²) in [5.74, 6) is 0.607. The molecule has 19 heavy (non-hydrogen) atoms. The Balaban J connectivity index is 4.84. The van der Waals surface area contributed by atoms with E-state index in [1.165, 1.54) is 6.42 Å². The maximum atomic E-state index is 6.62. The molecule has 0 unspecified atom stereocenters. The topological polar surface area (TPSA) is 35.2 Å². The van der Waals surface area contributed by atoms with Crippen molar-refractivity contribution < 1.29 is 4.43 Å². The van der Waals surface area contributed by atoms with Crippen LogP contribution in [0.1, 0.15) is 53.4 Å². The van der Waals surface area contributed by atoms with E-state index in [2.05, 4.69) is 47.4 Å². The highest BCUT2D eigenvalue weighted by Gasteiger charge is 2.40. The van der Waals surface area contributed by atoms with E-state index in [4.69, 9.17) is 10.2 Å². The summed E-state index contributed by atoms with van der Waals surface area (Å²) in [6.07, 6.45) is 6.69. The van der Waals surface area contributed by atoms with Crippen molar-refractivity contribution in [2.75, 3.05) is 6.54 Å². The Labute approximate surface area is 121 Å². The van der Waals surface area contributed by atoms with Gasteiger partial charge in [-0.25, -0.2) is 0 Å². The van der Waals surface area contributed by atoms with Gasteiger partial charge >= 0.3 is 0 Å². The van der Waals surface area contributed by atoms with Gasteiger partial charge in [0.1, 0.15) is 0 Å². The summed E-state index contributed by atoms with van der Waals surface area (Å²) >= 11 is 0. The molecular weight excluding hydrogens is 250 g/mol. The molecule has 0 aromatic heterocycles. The molecule has 0 saturated heterocycles. The Morgan fingerprint density at radius 3 is 2.26 bits per heavy atom. The molecule has 0 aliphatic rings. The number of rotatable bonds is 9. The quantitative estimate of drug-likeness (QED) is 0.491. The zero-order valence-electron chi connectivity index (χ0n) is 14.0. The molecule has 114 valence electrons. The number of hydrogen-bond donors (Lipinski definition) is 1. The monoisotopic (exact) mass is 285 g/mol. The second-order valence-corrected chi connectivity index (χ2v) is 11.8. The minimum Gasteiger partial charge on any atom is -0.413 e. The van der Waals surface area contributed by atoms with Crippen molar-refractivity contribution in [2.24, 2.45) is 11.7 Å². The summed E-state index contributed by atoms with van der Waals surface area (Å²) in [6.45, 7) is 18.5. The fourth-order valence-corrected chi connectivity index (χ4v) is 3.49. The van der Waals surface area contributed by atoms with Crippen molar-refractivity contribution in [3.63, 3.8) is 0 Å². The highest BCUT2D eigenvalue weighted by molar-refractivity contribution is 6.74.